The molecule has 2 aromatic carbocycles. The van der Waals surface area contributed by atoms with E-state index in [1.165, 1.54) is 0 Å². The third-order valence-corrected chi connectivity index (χ3v) is 5.11. The van der Waals surface area contributed by atoms with Gasteiger partial charge in [-0.2, -0.15) is 0 Å². The second-order valence-electron chi connectivity index (χ2n) is 7.63. The third-order valence-electron chi connectivity index (χ3n) is 5.11. The molecule has 2 heterocycles. The van der Waals surface area contributed by atoms with Crippen LogP contribution in [0.4, 0.5) is 5.69 Å². The van der Waals surface area contributed by atoms with E-state index < -0.39 is 0 Å². The van der Waals surface area contributed by atoms with Gasteiger partial charge in [0.25, 0.3) is 5.91 Å². The van der Waals surface area contributed by atoms with E-state index in [1.807, 2.05) is 79.4 Å². The zero-order chi connectivity index (χ0) is 20.4. The highest BCUT2D eigenvalue weighted by atomic mass is 16.3. The van der Waals surface area contributed by atoms with Gasteiger partial charge in [-0.3, -0.25) is 9.59 Å². The highest BCUT2D eigenvalue weighted by Crippen LogP contribution is 2.31. The van der Waals surface area contributed by atoms with Crippen LogP contribution >= 0.6 is 0 Å². The smallest absolute Gasteiger partial charge is 0.254 e. The first-order chi connectivity index (χ1) is 14.0. The summed E-state index contributed by atoms with van der Waals surface area (Å²) < 4.78 is 6.08. The first-order valence-electron chi connectivity index (χ1n) is 9.88. The standard InChI is InChI=1S/C24H24N2O3/c1-16(2)23(27)25-20-10-6-9-18(13-20)22-14-19-15-26(12-11-21(19)29-22)24(28)17-7-4-3-5-8-17/h3-10,13-14,16H,11-12,15H2,1-2H3,(H,25,27). The van der Waals surface area contributed by atoms with Gasteiger partial charge in [0.2, 0.25) is 5.91 Å². The Morgan fingerprint density at radius 1 is 1.03 bits per heavy atom. The van der Waals surface area contributed by atoms with Crippen LogP contribution in [0.15, 0.2) is 65.1 Å². The molecular weight excluding hydrogens is 364 g/mol. The second-order valence-corrected chi connectivity index (χ2v) is 7.63. The average Bonchev–Trinajstić information content (AvgIpc) is 3.17. The third kappa shape index (κ3) is 4.09. The molecule has 0 saturated heterocycles. The molecule has 29 heavy (non-hydrogen) atoms. The number of amides is 2. The number of benzene rings is 2. The van der Waals surface area contributed by atoms with E-state index in [4.69, 9.17) is 4.42 Å². The van der Waals surface area contributed by atoms with E-state index in [1.54, 1.807) is 0 Å². The summed E-state index contributed by atoms with van der Waals surface area (Å²) in [6.45, 7) is 4.90. The van der Waals surface area contributed by atoms with E-state index in [0.29, 0.717) is 25.1 Å². The predicted molar refractivity (Wildman–Crippen MR) is 112 cm³/mol. The minimum absolute atomic E-state index is 0.0176. The van der Waals surface area contributed by atoms with Gasteiger partial charge in [0.1, 0.15) is 11.5 Å². The van der Waals surface area contributed by atoms with Crippen LogP contribution in [0.3, 0.4) is 0 Å². The second kappa shape index (κ2) is 7.95. The summed E-state index contributed by atoms with van der Waals surface area (Å²) in [6.07, 6.45) is 0.692. The summed E-state index contributed by atoms with van der Waals surface area (Å²) >= 11 is 0. The number of nitrogens with zero attached hydrogens (tertiary/aromatic N) is 1. The van der Waals surface area contributed by atoms with Crippen molar-refractivity contribution in [2.24, 2.45) is 5.92 Å². The number of fused-ring (bicyclic) bond motifs is 1. The molecule has 1 aliphatic heterocycles. The van der Waals surface area contributed by atoms with Crippen molar-refractivity contribution < 1.29 is 14.0 Å². The summed E-state index contributed by atoms with van der Waals surface area (Å²) in [7, 11) is 0. The van der Waals surface area contributed by atoms with Crippen molar-refractivity contribution in [1.29, 1.82) is 0 Å². The van der Waals surface area contributed by atoms with Gasteiger partial charge in [0.05, 0.1) is 0 Å². The molecule has 148 valence electrons. The Bertz CT molecular complexity index is 1040. The molecule has 0 spiro atoms. The van der Waals surface area contributed by atoms with E-state index >= 15 is 0 Å². The zero-order valence-electron chi connectivity index (χ0n) is 16.6. The summed E-state index contributed by atoms with van der Waals surface area (Å²) in [5.74, 6) is 1.62. The predicted octanol–water partition coefficient (Wildman–Crippen LogP) is 4.74. The number of nitrogens with one attached hydrogen (secondary N) is 1. The van der Waals surface area contributed by atoms with Crippen molar-refractivity contribution in [1.82, 2.24) is 4.90 Å². The van der Waals surface area contributed by atoms with E-state index in [9.17, 15) is 9.59 Å². The van der Waals surface area contributed by atoms with E-state index in [0.717, 1.165) is 28.3 Å². The lowest BCUT2D eigenvalue weighted by Gasteiger charge is -2.26. The number of anilines is 1. The first kappa shape index (κ1) is 19.0. The molecule has 1 N–H and O–H groups in total. The van der Waals surface area contributed by atoms with Gasteiger partial charge in [0, 0.05) is 47.8 Å². The number of carbonyl (C=O) groups is 2. The zero-order valence-corrected chi connectivity index (χ0v) is 16.6. The Morgan fingerprint density at radius 2 is 1.83 bits per heavy atom. The Labute approximate surface area is 170 Å². The maximum atomic E-state index is 12.7. The fourth-order valence-electron chi connectivity index (χ4n) is 3.45. The molecule has 5 heteroatoms. The molecule has 4 rings (SSSR count). The molecule has 0 unspecified atom stereocenters. The Hall–Kier alpha value is -3.34. The fourth-order valence-corrected chi connectivity index (χ4v) is 3.45. The van der Waals surface area contributed by atoms with E-state index in [2.05, 4.69) is 5.32 Å². The molecular formula is C24H24N2O3. The van der Waals surface area contributed by atoms with Crippen LogP contribution in [-0.4, -0.2) is 23.3 Å². The summed E-state index contributed by atoms with van der Waals surface area (Å²) in [5.41, 5.74) is 3.39. The molecule has 0 saturated carbocycles. The van der Waals surface area contributed by atoms with Crippen LogP contribution < -0.4 is 5.32 Å². The molecule has 3 aromatic rings. The quantitative estimate of drug-likeness (QED) is 0.702. The molecule has 0 atom stereocenters. The normalized spacial score (nSPS) is 13.3. The lowest BCUT2D eigenvalue weighted by Crippen LogP contribution is -2.35. The summed E-state index contributed by atoms with van der Waals surface area (Å²) in [6, 6.07) is 19.0. The van der Waals surface area contributed by atoms with Crippen LogP contribution in [-0.2, 0) is 17.8 Å². The van der Waals surface area contributed by atoms with Crippen molar-refractivity contribution >= 4 is 17.5 Å². The largest absolute Gasteiger partial charge is 0.461 e. The highest BCUT2D eigenvalue weighted by molar-refractivity contribution is 5.94. The van der Waals surface area contributed by atoms with Crippen LogP contribution in [0.1, 0.15) is 35.5 Å². The molecule has 5 nitrogen and oxygen atoms in total. The monoisotopic (exact) mass is 388 g/mol. The van der Waals surface area contributed by atoms with Crippen molar-refractivity contribution in [3.8, 4) is 11.3 Å². The number of hydrogen-bond donors (Lipinski definition) is 1. The molecule has 1 aliphatic rings. The Morgan fingerprint density at radius 3 is 2.59 bits per heavy atom. The van der Waals surface area contributed by atoms with Crippen molar-refractivity contribution in [2.45, 2.75) is 26.8 Å². The van der Waals surface area contributed by atoms with Crippen molar-refractivity contribution in [3.63, 3.8) is 0 Å². The summed E-state index contributed by atoms with van der Waals surface area (Å²) in [4.78, 5) is 26.6. The highest BCUT2D eigenvalue weighted by Gasteiger charge is 2.25. The number of furan rings is 1. The number of hydrogen-bond acceptors (Lipinski definition) is 3. The number of rotatable bonds is 4. The van der Waals surface area contributed by atoms with Crippen LogP contribution in [0.2, 0.25) is 0 Å². The van der Waals surface area contributed by atoms with Crippen molar-refractivity contribution in [3.05, 3.63) is 77.6 Å². The SMILES string of the molecule is CC(C)C(=O)Nc1cccc(-c2cc3c(o2)CCN(C(=O)c2ccccc2)C3)c1. The van der Waals surface area contributed by atoms with Crippen molar-refractivity contribution in [2.75, 3.05) is 11.9 Å². The maximum Gasteiger partial charge on any atom is 0.254 e. The Balaban J connectivity index is 1.53. The van der Waals surface area contributed by atoms with Gasteiger partial charge in [0.15, 0.2) is 0 Å². The molecule has 0 radical (unpaired) electrons. The lowest BCUT2D eigenvalue weighted by atomic mass is 10.1. The molecule has 1 aromatic heterocycles. The van der Waals surface area contributed by atoms with Crippen LogP contribution in [0.25, 0.3) is 11.3 Å². The fraction of sp³-hybridized carbons (Fsp3) is 0.250. The van der Waals surface area contributed by atoms with Gasteiger partial charge in [-0.1, -0.05) is 44.2 Å². The maximum absolute atomic E-state index is 12.7. The van der Waals surface area contributed by atoms with Gasteiger partial charge in [-0.05, 0) is 30.3 Å². The molecule has 2 amide bonds. The van der Waals surface area contributed by atoms with Gasteiger partial charge in [-0.25, -0.2) is 0 Å². The minimum Gasteiger partial charge on any atom is -0.461 e. The number of carbonyl (C=O) groups excluding carboxylic acids is 2. The van der Waals surface area contributed by atoms with Gasteiger partial charge in [-0.15, -0.1) is 0 Å². The molecule has 0 aliphatic carbocycles. The summed E-state index contributed by atoms with van der Waals surface area (Å²) in [5, 5.41) is 2.92. The van der Waals surface area contributed by atoms with E-state index in [-0.39, 0.29) is 17.7 Å². The molecule has 0 bridgehead atoms. The van der Waals surface area contributed by atoms with Crippen LogP contribution in [0.5, 0.6) is 0 Å². The van der Waals surface area contributed by atoms with Gasteiger partial charge >= 0.3 is 0 Å². The lowest BCUT2D eigenvalue weighted by molar-refractivity contribution is -0.118. The first-order valence-corrected chi connectivity index (χ1v) is 9.88. The van der Waals surface area contributed by atoms with Gasteiger partial charge < -0.3 is 14.6 Å². The molecule has 0 fully saturated rings. The van der Waals surface area contributed by atoms with Crippen LogP contribution in [0, 0.1) is 5.92 Å². The average molecular weight is 388 g/mol. The minimum atomic E-state index is -0.0808. The Kier molecular flexibility index (Phi) is 5.21. The topological polar surface area (TPSA) is 62.6 Å².